The molecule has 332 valence electrons. The maximum atomic E-state index is 14.6. The zero-order valence-corrected chi connectivity index (χ0v) is 34.2. The van der Waals surface area contributed by atoms with E-state index < -0.39 is 53.1 Å². The second-order valence-electron chi connectivity index (χ2n) is 14.7. The summed E-state index contributed by atoms with van der Waals surface area (Å²) in [6.07, 6.45) is -7.37. The van der Waals surface area contributed by atoms with Crippen LogP contribution in [0.4, 0.5) is 22.0 Å². The van der Waals surface area contributed by atoms with E-state index in [2.05, 4.69) is 14.9 Å². The number of carbonyl (C=O) groups excluding carboxylic acids is 1. The van der Waals surface area contributed by atoms with Gasteiger partial charge in [0.05, 0.1) is 23.0 Å². The molecular formula is C44H42F5N5O8S. The molecule has 2 atom stereocenters. The number of aliphatic imine (C=N–C) groups is 1. The van der Waals surface area contributed by atoms with Crippen molar-refractivity contribution < 1.29 is 56.8 Å². The van der Waals surface area contributed by atoms with Gasteiger partial charge in [0, 0.05) is 37.8 Å². The van der Waals surface area contributed by atoms with E-state index in [-0.39, 0.29) is 49.3 Å². The second kappa shape index (κ2) is 20.3. The average molecular weight is 896 g/mol. The fourth-order valence-electron chi connectivity index (χ4n) is 7.27. The van der Waals surface area contributed by atoms with Crippen molar-refractivity contribution in [3.05, 3.63) is 135 Å². The highest BCUT2D eigenvalue weighted by atomic mass is 32.2. The van der Waals surface area contributed by atoms with E-state index in [1.807, 2.05) is 29.2 Å². The van der Waals surface area contributed by atoms with Crippen LogP contribution in [-0.4, -0.2) is 106 Å². The van der Waals surface area contributed by atoms with Crippen molar-refractivity contribution in [2.75, 3.05) is 25.4 Å². The molecule has 1 saturated heterocycles. The molecule has 2 aliphatic rings. The molecule has 1 amide bonds. The molecule has 0 spiro atoms. The average Bonchev–Trinajstić information content (AvgIpc) is 3.82. The van der Waals surface area contributed by atoms with Crippen LogP contribution in [0.5, 0.6) is 0 Å². The number of aliphatic hydroxyl groups excluding tert-OH is 2. The predicted octanol–water partition coefficient (Wildman–Crippen LogP) is 5.62. The number of nitrogens with zero attached hydrogens (tertiary/aromatic N) is 5. The Labute approximate surface area is 361 Å². The van der Waals surface area contributed by atoms with Gasteiger partial charge in [-0.05, 0) is 71.8 Å². The zero-order valence-electron chi connectivity index (χ0n) is 33.4. The number of aliphatic carboxylic acids is 2. The number of thioether (sulfide) groups is 1. The Bertz CT molecular complexity index is 2510. The number of para-hydroxylation sites is 1. The lowest BCUT2D eigenvalue weighted by Gasteiger charge is -2.39. The Kier molecular flexibility index (Phi) is 15.0. The summed E-state index contributed by atoms with van der Waals surface area (Å²) in [4.78, 5) is 60.3. The summed E-state index contributed by atoms with van der Waals surface area (Å²) in [6.45, 7) is 2.41. The van der Waals surface area contributed by atoms with Crippen molar-refractivity contribution in [3.8, 4) is 11.1 Å². The molecular weight excluding hydrogens is 854 g/mol. The van der Waals surface area contributed by atoms with Gasteiger partial charge in [-0.2, -0.15) is 18.2 Å². The van der Waals surface area contributed by atoms with Crippen molar-refractivity contribution in [2.24, 2.45) is 4.99 Å². The molecule has 19 heteroatoms. The smallest absolute Gasteiger partial charge is 0.416 e. The van der Waals surface area contributed by atoms with Gasteiger partial charge >= 0.3 is 18.1 Å². The Morgan fingerprint density at radius 1 is 0.825 bits per heavy atom. The molecule has 0 saturated carbocycles. The first kappa shape index (κ1) is 46.3. The summed E-state index contributed by atoms with van der Waals surface area (Å²) in [5, 5.41) is 33.9. The van der Waals surface area contributed by atoms with Crippen LogP contribution in [0, 0.1) is 11.6 Å². The number of piperidine rings is 1. The lowest BCUT2D eigenvalue weighted by atomic mass is 10.00. The second-order valence-corrected chi connectivity index (χ2v) is 15.8. The maximum absolute atomic E-state index is 14.6. The largest absolute Gasteiger partial charge is 0.479 e. The van der Waals surface area contributed by atoms with E-state index in [1.165, 1.54) is 24.3 Å². The molecule has 4 N–H and O–H groups in total. The predicted molar refractivity (Wildman–Crippen MR) is 224 cm³/mol. The van der Waals surface area contributed by atoms with Crippen molar-refractivity contribution in [1.29, 1.82) is 0 Å². The molecule has 63 heavy (non-hydrogen) atoms. The third-order valence-electron chi connectivity index (χ3n) is 10.6. The monoisotopic (exact) mass is 895 g/mol. The Morgan fingerprint density at radius 3 is 2.03 bits per heavy atom. The molecule has 7 rings (SSSR count). The van der Waals surface area contributed by atoms with Gasteiger partial charge < -0.3 is 34.8 Å². The molecule has 3 heterocycles. The molecule has 13 nitrogen and oxygen atoms in total. The minimum atomic E-state index is -4.42. The number of aliphatic hydroxyl groups is 2. The molecule has 0 unspecified atom stereocenters. The highest BCUT2D eigenvalue weighted by molar-refractivity contribution is 8.14. The van der Waals surface area contributed by atoms with Crippen molar-refractivity contribution >= 4 is 45.7 Å². The van der Waals surface area contributed by atoms with E-state index in [0.29, 0.717) is 29.3 Å². The van der Waals surface area contributed by atoms with Gasteiger partial charge in [-0.25, -0.2) is 18.4 Å². The molecule has 2 aliphatic heterocycles. The fourth-order valence-corrected chi connectivity index (χ4v) is 8.19. The number of carbonyl (C=O) groups is 3. The van der Waals surface area contributed by atoms with Crippen molar-refractivity contribution in [3.63, 3.8) is 0 Å². The standard InChI is InChI=1S/C40H36F5N5O2S.C4H6O6/c41-33-6-3-4-29(37(33)42)14-17-35-47-38(52)32-5-1-2-7-34(32)50(35)25-36(51)49(31-18-21-48(22-19-31)39-46-20-23-53-39)24-26-8-10-27(11-9-26)28-12-15-30(16-13-28)40(43,44)45;5-1(3(7)8)2(6)4(9)10/h1-13,15-16,31H,14,17-25H2;1-2,5-6H,(H,7,8)(H,9,10)/t;1-,2-/m.1/s1. The summed E-state index contributed by atoms with van der Waals surface area (Å²) in [7, 11) is 0. The topological polar surface area (TPSA) is 186 Å². The van der Waals surface area contributed by atoms with Crippen LogP contribution in [0.2, 0.25) is 0 Å². The molecule has 0 aliphatic carbocycles. The highest BCUT2D eigenvalue weighted by Crippen LogP contribution is 2.32. The number of aryl methyl sites for hydroxylation is 2. The van der Waals surface area contributed by atoms with Gasteiger partial charge in [0.25, 0.3) is 5.56 Å². The van der Waals surface area contributed by atoms with Crippen LogP contribution in [0.25, 0.3) is 22.0 Å². The lowest BCUT2D eigenvalue weighted by molar-refractivity contribution is -0.165. The molecule has 1 fully saturated rings. The minimum absolute atomic E-state index is 0.0674. The molecule has 0 bridgehead atoms. The van der Waals surface area contributed by atoms with Crippen molar-refractivity contribution in [2.45, 2.75) is 63.2 Å². The Morgan fingerprint density at radius 2 is 1.44 bits per heavy atom. The van der Waals surface area contributed by atoms with Crippen LogP contribution in [-0.2, 0) is 46.5 Å². The Hall–Kier alpha value is -6.18. The van der Waals surface area contributed by atoms with Crippen molar-refractivity contribution in [1.82, 2.24) is 19.4 Å². The van der Waals surface area contributed by atoms with Gasteiger partial charge in [0.15, 0.2) is 29.0 Å². The number of hydrogen-bond donors (Lipinski definition) is 4. The number of rotatable bonds is 12. The SMILES string of the molecule is O=C(Cn1c(CCc2cccc(F)c2F)nc(=O)c2ccccc21)N(Cc1ccc(-c2ccc(C(F)(F)F)cc2)cc1)C1CCN(C2=NCCS2)CC1.O=C(O)[C@H](O)[C@@H](O)C(=O)O. The molecule has 0 radical (unpaired) electrons. The van der Waals surface area contributed by atoms with Crippen LogP contribution >= 0.6 is 11.8 Å². The van der Waals surface area contributed by atoms with Crippen LogP contribution in [0.3, 0.4) is 0 Å². The quantitative estimate of drug-likeness (QED) is 0.114. The number of likely N-dealkylation sites (tertiary alicyclic amines) is 1. The first-order valence-corrected chi connectivity index (χ1v) is 20.7. The van der Waals surface area contributed by atoms with Gasteiger partial charge in [-0.15, -0.1) is 0 Å². The summed E-state index contributed by atoms with van der Waals surface area (Å²) >= 11 is 1.74. The number of amides is 1. The van der Waals surface area contributed by atoms with E-state index in [9.17, 15) is 41.1 Å². The normalized spacial score (nSPS) is 15.3. The van der Waals surface area contributed by atoms with Gasteiger partial charge in [-0.1, -0.05) is 72.4 Å². The number of fused-ring (bicyclic) bond motifs is 1. The number of hydrogen-bond acceptors (Lipinski definition) is 10. The maximum Gasteiger partial charge on any atom is 0.416 e. The third-order valence-corrected chi connectivity index (χ3v) is 11.7. The van der Waals surface area contributed by atoms with Gasteiger partial charge in [0.1, 0.15) is 12.4 Å². The zero-order chi connectivity index (χ0) is 45.4. The minimum Gasteiger partial charge on any atom is -0.479 e. The van der Waals surface area contributed by atoms with E-state index >= 15 is 0 Å². The number of carboxylic acids is 2. The Balaban J connectivity index is 0.000000590. The number of aromatic nitrogens is 2. The first-order valence-electron chi connectivity index (χ1n) is 19.7. The van der Waals surface area contributed by atoms with Gasteiger partial charge in [0.2, 0.25) is 5.91 Å². The van der Waals surface area contributed by atoms with Gasteiger partial charge in [-0.3, -0.25) is 14.6 Å². The summed E-state index contributed by atoms with van der Waals surface area (Å²) in [5.41, 5.74) is 1.70. The summed E-state index contributed by atoms with van der Waals surface area (Å²) < 4.78 is 69.7. The first-order chi connectivity index (χ1) is 30.0. The van der Waals surface area contributed by atoms with Crippen LogP contribution in [0.15, 0.2) is 101 Å². The lowest BCUT2D eigenvalue weighted by Crippen LogP contribution is -2.49. The summed E-state index contributed by atoms with van der Waals surface area (Å²) in [6, 6.07) is 23.2. The van der Waals surface area contributed by atoms with E-state index in [4.69, 9.17) is 20.4 Å². The van der Waals surface area contributed by atoms with E-state index in [1.54, 1.807) is 40.6 Å². The third kappa shape index (κ3) is 11.5. The molecule has 5 aromatic rings. The fraction of sp³-hybridized carbons (Fsp3) is 0.318. The molecule has 4 aromatic carbocycles. The number of carboxylic acid groups (broad SMARTS) is 2. The number of alkyl halides is 3. The highest BCUT2D eigenvalue weighted by Gasteiger charge is 2.32. The number of amidine groups is 1. The van der Waals surface area contributed by atoms with E-state index in [0.717, 1.165) is 59.9 Å². The van der Waals surface area contributed by atoms with Crippen LogP contribution in [0.1, 0.15) is 35.4 Å². The number of benzene rings is 4. The van der Waals surface area contributed by atoms with Crippen LogP contribution < -0.4 is 5.56 Å². The number of halogens is 5. The molecule has 1 aromatic heterocycles. The summed E-state index contributed by atoms with van der Waals surface area (Å²) in [5.74, 6) is -4.41.